The number of nitrogens with zero attached hydrogens (tertiary/aromatic N) is 1. The van der Waals surface area contributed by atoms with Crippen LogP contribution in [-0.4, -0.2) is 17.9 Å². The standard InChI is InChI=1S/C10H10F4N2O2/c11-6-8(7(12)10(14)15-9(6)13)16-18-5-3-1-2-4-17-5/h5H,1-4H2,(H,15,16). The third-order valence-electron chi connectivity index (χ3n) is 2.43. The number of halogens is 4. The molecule has 1 fully saturated rings. The highest BCUT2D eigenvalue weighted by Crippen LogP contribution is 2.23. The van der Waals surface area contributed by atoms with Crippen LogP contribution in [0.4, 0.5) is 23.2 Å². The van der Waals surface area contributed by atoms with E-state index in [0.717, 1.165) is 12.8 Å². The molecule has 4 nitrogen and oxygen atoms in total. The van der Waals surface area contributed by atoms with Crippen molar-refractivity contribution in [2.24, 2.45) is 0 Å². The zero-order valence-electron chi connectivity index (χ0n) is 9.18. The van der Waals surface area contributed by atoms with E-state index < -0.39 is 35.5 Å². The Labute approximate surface area is 99.9 Å². The highest BCUT2D eigenvalue weighted by molar-refractivity contribution is 5.43. The maximum absolute atomic E-state index is 13.2. The lowest BCUT2D eigenvalue weighted by Gasteiger charge is -2.22. The lowest BCUT2D eigenvalue weighted by Crippen LogP contribution is -2.25. The molecule has 100 valence electrons. The molecule has 1 N–H and O–H groups in total. The molecule has 1 atom stereocenters. The Balaban J connectivity index is 2.08. The van der Waals surface area contributed by atoms with Gasteiger partial charge in [0.2, 0.25) is 11.6 Å². The SMILES string of the molecule is Fc1nc(F)c(F)c(NOC2CCCCO2)c1F. The monoisotopic (exact) mass is 266 g/mol. The van der Waals surface area contributed by atoms with E-state index in [1.54, 1.807) is 0 Å². The fourth-order valence-electron chi connectivity index (χ4n) is 1.51. The minimum Gasteiger partial charge on any atom is -0.350 e. The van der Waals surface area contributed by atoms with Crippen LogP contribution in [0.5, 0.6) is 0 Å². The topological polar surface area (TPSA) is 43.4 Å². The van der Waals surface area contributed by atoms with Gasteiger partial charge in [-0.1, -0.05) is 0 Å². The summed E-state index contributed by atoms with van der Waals surface area (Å²) in [5, 5.41) is 0. The second-order valence-corrected chi connectivity index (χ2v) is 3.71. The van der Waals surface area contributed by atoms with Gasteiger partial charge >= 0.3 is 0 Å². The van der Waals surface area contributed by atoms with Crippen molar-refractivity contribution in [1.29, 1.82) is 0 Å². The number of pyridine rings is 1. The van der Waals surface area contributed by atoms with Gasteiger partial charge in [0.15, 0.2) is 6.29 Å². The van der Waals surface area contributed by atoms with E-state index in [4.69, 9.17) is 9.57 Å². The minimum atomic E-state index is -1.75. The molecular weight excluding hydrogens is 256 g/mol. The van der Waals surface area contributed by atoms with Gasteiger partial charge < -0.3 is 4.74 Å². The van der Waals surface area contributed by atoms with E-state index in [1.165, 1.54) is 0 Å². The van der Waals surface area contributed by atoms with Crippen LogP contribution < -0.4 is 5.48 Å². The lowest BCUT2D eigenvalue weighted by molar-refractivity contribution is -0.146. The van der Waals surface area contributed by atoms with Crippen LogP contribution in [0.2, 0.25) is 0 Å². The Morgan fingerprint density at radius 1 is 1.11 bits per heavy atom. The van der Waals surface area contributed by atoms with Crippen LogP contribution in [-0.2, 0) is 9.57 Å². The van der Waals surface area contributed by atoms with Gasteiger partial charge in [0.25, 0.3) is 11.9 Å². The summed E-state index contributed by atoms with van der Waals surface area (Å²) < 4.78 is 57.0. The van der Waals surface area contributed by atoms with Crippen molar-refractivity contribution in [2.45, 2.75) is 25.6 Å². The van der Waals surface area contributed by atoms with E-state index in [9.17, 15) is 17.6 Å². The summed E-state index contributed by atoms with van der Waals surface area (Å²) in [6.07, 6.45) is 1.50. The van der Waals surface area contributed by atoms with Crippen molar-refractivity contribution >= 4 is 5.69 Å². The average Bonchev–Trinajstić information content (AvgIpc) is 2.38. The molecule has 2 rings (SSSR count). The first-order valence-corrected chi connectivity index (χ1v) is 5.33. The number of anilines is 1. The summed E-state index contributed by atoms with van der Waals surface area (Å²) in [5.41, 5.74) is 0.777. The highest BCUT2D eigenvalue weighted by atomic mass is 19.2. The van der Waals surface area contributed by atoms with E-state index in [2.05, 4.69) is 4.98 Å². The molecule has 0 radical (unpaired) electrons. The van der Waals surface area contributed by atoms with Gasteiger partial charge in [-0.25, -0.2) is 4.84 Å². The predicted molar refractivity (Wildman–Crippen MR) is 52.4 cm³/mol. The first-order chi connectivity index (χ1) is 8.59. The fourth-order valence-corrected chi connectivity index (χ4v) is 1.51. The van der Waals surface area contributed by atoms with Crippen LogP contribution in [0.25, 0.3) is 0 Å². The molecule has 18 heavy (non-hydrogen) atoms. The number of rotatable bonds is 3. The van der Waals surface area contributed by atoms with Gasteiger partial charge in [0.1, 0.15) is 5.69 Å². The largest absolute Gasteiger partial charge is 0.350 e. The van der Waals surface area contributed by atoms with E-state index in [0.29, 0.717) is 13.0 Å². The van der Waals surface area contributed by atoms with Crippen molar-refractivity contribution in [3.63, 3.8) is 0 Å². The Kier molecular flexibility index (Phi) is 3.97. The van der Waals surface area contributed by atoms with Crippen LogP contribution >= 0.6 is 0 Å². The van der Waals surface area contributed by atoms with Crippen molar-refractivity contribution in [2.75, 3.05) is 12.1 Å². The average molecular weight is 266 g/mol. The zero-order chi connectivity index (χ0) is 13.1. The molecule has 1 aromatic heterocycles. The molecule has 8 heteroatoms. The third kappa shape index (κ3) is 2.70. The van der Waals surface area contributed by atoms with Crippen LogP contribution in [0.3, 0.4) is 0 Å². The van der Waals surface area contributed by atoms with Crippen molar-refractivity contribution < 1.29 is 27.1 Å². The molecule has 0 amide bonds. The molecule has 0 saturated carbocycles. The molecule has 1 aliphatic rings. The molecule has 1 saturated heterocycles. The Bertz CT molecular complexity index is 412. The molecule has 2 heterocycles. The lowest BCUT2D eigenvalue weighted by atomic mass is 10.2. The van der Waals surface area contributed by atoms with Crippen LogP contribution in [0.1, 0.15) is 19.3 Å². The van der Waals surface area contributed by atoms with Crippen molar-refractivity contribution in [3.05, 3.63) is 23.5 Å². The molecular formula is C10H10F4N2O2. The first kappa shape index (κ1) is 13.0. The molecule has 0 aromatic carbocycles. The van der Waals surface area contributed by atoms with Gasteiger partial charge in [0, 0.05) is 13.0 Å². The van der Waals surface area contributed by atoms with Crippen LogP contribution in [0, 0.1) is 23.5 Å². The van der Waals surface area contributed by atoms with E-state index >= 15 is 0 Å². The summed E-state index contributed by atoms with van der Waals surface area (Å²) >= 11 is 0. The minimum absolute atomic E-state index is 0.455. The number of hydrogen-bond acceptors (Lipinski definition) is 4. The van der Waals surface area contributed by atoms with E-state index in [-0.39, 0.29) is 0 Å². The van der Waals surface area contributed by atoms with Crippen molar-refractivity contribution in [3.8, 4) is 0 Å². The smallest absolute Gasteiger partial charge is 0.254 e. The number of aromatic nitrogens is 1. The summed E-state index contributed by atoms with van der Waals surface area (Å²) in [7, 11) is 0. The second-order valence-electron chi connectivity index (χ2n) is 3.71. The molecule has 0 aliphatic carbocycles. The molecule has 0 spiro atoms. The summed E-state index contributed by atoms with van der Waals surface area (Å²) in [5.74, 6) is -6.79. The van der Waals surface area contributed by atoms with Gasteiger partial charge in [-0.15, -0.1) is 0 Å². The maximum atomic E-state index is 13.2. The van der Waals surface area contributed by atoms with Crippen LogP contribution in [0.15, 0.2) is 0 Å². The summed E-state index contributed by atoms with van der Waals surface area (Å²) in [4.78, 5) is 7.25. The van der Waals surface area contributed by atoms with Gasteiger partial charge in [-0.05, 0) is 12.8 Å². The quantitative estimate of drug-likeness (QED) is 0.518. The Morgan fingerprint density at radius 3 is 2.33 bits per heavy atom. The Morgan fingerprint density at radius 2 is 1.78 bits per heavy atom. The molecule has 0 bridgehead atoms. The predicted octanol–water partition coefficient (Wildman–Crippen LogP) is 2.51. The highest BCUT2D eigenvalue weighted by Gasteiger charge is 2.22. The maximum Gasteiger partial charge on any atom is 0.254 e. The van der Waals surface area contributed by atoms with Gasteiger partial charge in [0.05, 0.1) is 0 Å². The number of ether oxygens (including phenoxy) is 1. The van der Waals surface area contributed by atoms with Gasteiger partial charge in [-0.2, -0.15) is 22.5 Å². The molecule has 1 aliphatic heterocycles. The Hall–Kier alpha value is -1.41. The summed E-state index contributed by atoms with van der Waals surface area (Å²) in [6, 6.07) is 0. The molecule has 1 unspecified atom stereocenters. The second kappa shape index (κ2) is 5.49. The number of nitrogens with one attached hydrogen (secondary N) is 1. The third-order valence-corrected chi connectivity index (χ3v) is 2.43. The van der Waals surface area contributed by atoms with E-state index in [1.807, 2.05) is 5.48 Å². The summed E-state index contributed by atoms with van der Waals surface area (Å²) in [6.45, 7) is 0.455. The van der Waals surface area contributed by atoms with Gasteiger partial charge in [-0.3, -0.25) is 5.48 Å². The van der Waals surface area contributed by atoms with Crippen molar-refractivity contribution in [1.82, 2.24) is 4.98 Å². The molecule has 1 aromatic rings. The normalized spacial score (nSPS) is 19.9. The first-order valence-electron chi connectivity index (χ1n) is 5.33. The number of hydrogen-bond donors (Lipinski definition) is 1. The fraction of sp³-hybridized carbons (Fsp3) is 0.500. The zero-order valence-corrected chi connectivity index (χ0v) is 9.18.